The summed E-state index contributed by atoms with van der Waals surface area (Å²) in [4.78, 5) is 2.49. The molecule has 0 amide bonds. The fourth-order valence-electron chi connectivity index (χ4n) is 4.25. The zero-order valence-corrected chi connectivity index (χ0v) is 13.4. The average Bonchev–Trinajstić information content (AvgIpc) is 2.69. The van der Waals surface area contributed by atoms with E-state index in [-0.39, 0.29) is 0 Å². The molecule has 1 unspecified atom stereocenters. The molecule has 0 aromatic heterocycles. The zero-order valence-electron chi connectivity index (χ0n) is 13.4. The molecule has 0 bridgehead atoms. The summed E-state index contributed by atoms with van der Waals surface area (Å²) in [6.07, 6.45) is 11.4. The minimum absolute atomic E-state index is 0.631. The lowest BCUT2D eigenvalue weighted by atomic mass is 9.78. The van der Waals surface area contributed by atoms with Crippen LogP contribution in [0.2, 0.25) is 0 Å². The van der Waals surface area contributed by atoms with E-state index in [1.807, 2.05) is 0 Å². The maximum absolute atomic E-state index is 3.94. The first-order valence-corrected chi connectivity index (χ1v) is 8.52. The van der Waals surface area contributed by atoms with E-state index < -0.39 is 0 Å². The molecule has 2 nitrogen and oxygen atoms in total. The molecule has 19 heavy (non-hydrogen) atoms. The van der Waals surface area contributed by atoms with Gasteiger partial charge >= 0.3 is 0 Å². The Hall–Kier alpha value is -0.0800. The molecule has 2 heteroatoms. The minimum Gasteiger partial charge on any atom is -0.313 e. The van der Waals surface area contributed by atoms with Gasteiger partial charge in [-0.2, -0.15) is 0 Å². The van der Waals surface area contributed by atoms with Gasteiger partial charge in [0.05, 0.1) is 0 Å². The summed E-state index contributed by atoms with van der Waals surface area (Å²) in [5.41, 5.74) is 0.631. The molecule has 2 aliphatic rings. The van der Waals surface area contributed by atoms with Crippen LogP contribution in [0.25, 0.3) is 0 Å². The Kier molecular flexibility index (Phi) is 5.70. The average molecular weight is 266 g/mol. The summed E-state index contributed by atoms with van der Waals surface area (Å²) in [5, 5.41) is 3.94. The molecule has 2 fully saturated rings. The summed E-state index contributed by atoms with van der Waals surface area (Å²) in [6, 6.07) is 0.773. The first-order valence-electron chi connectivity index (χ1n) is 8.52. The molecule has 1 saturated heterocycles. The van der Waals surface area contributed by atoms with Crippen LogP contribution in [0.4, 0.5) is 0 Å². The highest BCUT2D eigenvalue weighted by molar-refractivity contribution is 4.89. The number of nitrogens with one attached hydrogen (secondary N) is 1. The van der Waals surface area contributed by atoms with Crippen molar-refractivity contribution in [1.82, 2.24) is 10.2 Å². The van der Waals surface area contributed by atoms with Crippen LogP contribution in [0.5, 0.6) is 0 Å². The molecule has 0 aromatic rings. The highest BCUT2D eigenvalue weighted by atomic mass is 15.1. The lowest BCUT2D eigenvalue weighted by Gasteiger charge is -2.33. The van der Waals surface area contributed by atoms with Crippen LogP contribution in [0, 0.1) is 11.3 Å². The van der Waals surface area contributed by atoms with Crippen molar-refractivity contribution in [1.29, 1.82) is 0 Å². The number of rotatable bonds is 5. The van der Waals surface area contributed by atoms with Crippen molar-refractivity contribution in [3.8, 4) is 0 Å². The molecule has 1 atom stereocenters. The molecule has 1 heterocycles. The van der Waals surface area contributed by atoms with Gasteiger partial charge in [-0.3, -0.25) is 0 Å². The molecule has 0 spiro atoms. The van der Waals surface area contributed by atoms with Crippen molar-refractivity contribution in [2.45, 2.75) is 71.3 Å². The van der Waals surface area contributed by atoms with Gasteiger partial charge in [0.2, 0.25) is 0 Å². The summed E-state index contributed by atoms with van der Waals surface area (Å²) in [7, 11) is 2.26. The summed E-state index contributed by atoms with van der Waals surface area (Å²) in [6.45, 7) is 8.62. The van der Waals surface area contributed by atoms with Crippen molar-refractivity contribution in [2.75, 3.05) is 26.7 Å². The summed E-state index contributed by atoms with van der Waals surface area (Å²) < 4.78 is 0. The van der Waals surface area contributed by atoms with Crippen LogP contribution < -0.4 is 5.32 Å². The Morgan fingerprint density at radius 1 is 1.11 bits per heavy atom. The topological polar surface area (TPSA) is 15.3 Å². The van der Waals surface area contributed by atoms with Crippen LogP contribution in [0.15, 0.2) is 0 Å². The van der Waals surface area contributed by atoms with Crippen LogP contribution in [-0.4, -0.2) is 37.6 Å². The van der Waals surface area contributed by atoms with E-state index >= 15 is 0 Å². The van der Waals surface area contributed by atoms with Crippen LogP contribution in [0.1, 0.15) is 65.2 Å². The molecule has 1 saturated carbocycles. The second kappa shape index (κ2) is 7.08. The van der Waals surface area contributed by atoms with Gasteiger partial charge in [-0.15, -0.1) is 0 Å². The number of hydrogen-bond donors (Lipinski definition) is 1. The van der Waals surface area contributed by atoms with Crippen molar-refractivity contribution in [3.63, 3.8) is 0 Å². The lowest BCUT2D eigenvalue weighted by molar-refractivity contribution is 0.211. The van der Waals surface area contributed by atoms with Crippen LogP contribution >= 0.6 is 0 Å². The molecule has 0 radical (unpaired) electrons. The third-order valence-electron chi connectivity index (χ3n) is 5.22. The largest absolute Gasteiger partial charge is 0.313 e. The van der Waals surface area contributed by atoms with E-state index in [1.165, 1.54) is 71.0 Å². The number of nitrogens with zero attached hydrogens (tertiary/aromatic N) is 1. The Bertz CT molecular complexity index is 256. The quantitative estimate of drug-likeness (QED) is 0.817. The number of hydrogen-bond acceptors (Lipinski definition) is 2. The van der Waals surface area contributed by atoms with Crippen molar-refractivity contribution in [3.05, 3.63) is 0 Å². The first-order chi connectivity index (χ1) is 9.10. The van der Waals surface area contributed by atoms with E-state index in [4.69, 9.17) is 0 Å². The fraction of sp³-hybridized carbons (Fsp3) is 1.00. The van der Waals surface area contributed by atoms with Crippen LogP contribution in [0.3, 0.4) is 0 Å². The minimum atomic E-state index is 0.631. The maximum Gasteiger partial charge on any atom is 0.00799 e. The van der Waals surface area contributed by atoms with Gasteiger partial charge in [-0.25, -0.2) is 0 Å². The van der Waals surface area contributed by atoms with E-state index in [2.05, 4.69) is 31.1 Å². The highest BCUT2D eigenvalue weighted by Gasteiger charge is 2.34. The van der Waals surface area contributed by atoms with Crippen molar-refractivity contribution < 1.29 is 0 Å². The molecule has 1 aliphatic carbocycles. The fourth-order valence-corrected chi connectivity index (χ4v) is 4.25. The predicted molar refractivity (Wildman–Crippen MR) is 83.5 cm³/mol. The smallest absolute Gasteiger partial charge is 0.00799 e. The second-order valence-electron chi connectivity index (χ2n) is 7.62. The zero-order chi connectivity index (χ0) is 13.7. The first kappa shape index (κ1) is 15.3. The molecule has 1 N–H and O–H groups in total. The predicted octanol–water partition coefficient (Wildman–Crippen LogP) is 3.67. The molecular weight excluding hydrogens is 232 g/mol. The summed E-state index contributed by atoms with van der Waals surface area (Å²) >= 11 is 0. The standard InChI is InChI=1S/C17H34N2/c1-15(2)13-17(9-4-5-10-17)14-18-16-7-6-11-19(3)12-8-16/h15-16,18H,4-14H2,1-3H3. The van der Waals surface area contributed by atoms with Crippen LogP contribution in [-0.2, 0) is 0 Å². The van der Waals surface area contributed by atoms with Gasteiger partial charge < -0.3 is 10.2 Å². The molecule has 0 aromatic carbocycles. The van der Waals surface area contributed by atoms with Gasteiger partial charge in [-0.1, -0.05) is 26.7 Å². The van der Waals surface area contributed by atoms with Crippen molar-refractivity contribution in [2.24, 2.45) is 11.3 Å². The third kappa shape index (κ3) is 4.75. The van der Waals surface area contributed by atoms with Gasteiger partial charge in [0.25, 0.3) is 0 Å². The van der Waals surface area contributed by atoms with Gasteiger partial charge in [-0.05, 0) is 70.0 Å². The Balaban J connectivity index is 1.81. The monoisotopic (exact) mass is 266 g/mol. The molecular formula is C17H34N2. The normalized spacial score (nSPS) is 28.7. The Labute approximate surface area is 120 Å². The molecule has 112 valence electrons. The van der Waals surface area contributed by atoms with Gasteiger partial charge in [0.1, 0.15) is 0 Å². The maximum atomic E-state index is 3.94. The van der Waals surface area contributed by atoms with E-state index in [1.54, 1.807) is 0 Å². The van der Waals surface area contributed by atoms with Crippen molar-refractivity contribution >= 4 is 0 Å². The molecule has 1 aliphatic heterocycles. The van der Waals surface area contributed by atoms with E-state index in [9.17, 15) is 0 Å². The Morgan fingerprint density at radius 2 is 1.84 bits per heavy atom. The Morgan fingerprint density at radius 3 is 2.53 bits per heavy atom. The third-order valence-corrected chi connectivity index (χ3v) is 5.22. The summed E-state index contributed by atoms with van der Waals surface area (Å²) in [5.74, 6) is 0.847. The lowest BCUT2D eigenvalue weighted by Crippen LogP contribution is -2.39. The van der Waals surface area contributed by atoms with Gasteiger partial charge in [0, 0.05) is 12.6 Å². The number of likely N-dealkylation sites (tertiary alicyclic amines) is 1. The van der Waals surface area contributed by atoms with E-state index in [0.717, 1.165) is 12.0 Å². The SMILES string of the molecule is CC(C)CC1(CNC2CCCN(C)CC2)CCCC1. The van der Waals surface area contributed by atoms with Gasteiger partial charge in [0.15, 0.2) is 0 Å². The van der Waals surface area contributed by atoms with E-state index in [0.29, 0.717) is 5.41 Å². The molecule has 2 rings (SSSR count). The second-order valence-corrected chi connectivity index (χ2v) is 7.62. The highest BCUT2D eigenvalue weighted by Crippen LogP contribution is 2.42.